The Morgan fingerprint density at radius 3 is 2.48 bits per heavy atom. The van der Waals surface area contributed by atoms with Crippen LogP contribution in [0, 0.1) is 0 Å². The Balaban J connectivity index is 1.71. The summed E-state index contributed by atoms with van der Waals surface area (Å²) in [6, 6.07) is 20.3. The molecular formula is C19H18N2O3S. The van der Waals surface area contributed by atoms with E-state index in [4.69, 9.17) is 0 Å². The molecule has 3 aromatic carbocycles. The normalized spacial score (nSPS) is 11.8. The van der Waals surface area contributed by atoms with Crippen molar-refractivity contribution in [1.82, 2.24) is 4.83 Å². The van der Waals surface area contributed by atoms with Gasteiger partial charge in [0.25, 0.3) is 0 Å². The van der Waals surface area contributed by atoms with Gasteiger partial charge in [0.2, 0.25) is 10.0 Å². The van der Waals surface area contributed by atoms with Gasteiger partial charge in [-0.2, -0.15) is 5.10 Å². The summed E-state index contributed by atoms with van der Waals surface area (Å²) in [5.41, 5.74) is 1.42. The lowest BCUT2D eigenvalue weighted by Crippen LogP contribution is -2.22. The number of phenolic OH excluding ortho intramolecular Hbond substituents is 1. The van der Waals surface area contributed by atoms with Gasteiger partial charge < -0.3 is 5.11 Å². The molecule has 0 spiro atoms. The van der Waals surface area contributed by atoms with Crippen LogP contribution in [0.3, 0.4) is 0 Å². The van der Waals surface area contributed by atoms with Gasteiger partial charge in [-0.3, -0.25) is 0 Å². The molecular weight excluding hydrogens is 336 g/mol. The maximum Gasteiger partial charge on any atom is 0.247 e. The van der Waals surface area contributed by atoms with Crippen LogP contribution in [0.15, 0.2) is 71.8 Å². The number of phenols is 1. The van der Waals surface area contributed by atoms with E-state index in [2.05, 4.69) is 9.93 Å². The Kier molecular flexibility index (Phi) is 5.00. The summed E-state index contributed by atoms with van der Waals surface area (Å²) in [5, 5.41) is 15.6. The van der Waals surface area contributed by atoms with Crippen LogP contribution in [0.5, 0.6) is 5.75 Å². The van der Waals surface area contributed by atoms with Gasteiger partial charge in [-0.25, -0.2) is 13.2 Å². The molecule has 0 fully saturated rings. The van der Waals surface area contributed by atoms with Crippen LogP contribution in [0.2, 0.25) is 0 Å². The number of benzene rings is 3. The minimum Gasteiger partial charge on any atom is -0.507 e. The molecule has 0 bridgehead atoms. The molecule has 0 amide bonds. The van der Waals surface area contributed by atoms with Gasteiger partial charge in [0, 0.05) is 5.56 Å². The van der Waals surface area contributed by atoms with Crippen molar-refractivity contribution in [3.05, 3.63) is 77.9 Å². The highest BCUT2D eigenvalue weighted by Crippen LogP contribution is 2.25. The third-order valence-electron chi connectivity index (χ3n) is 3.84. The highest BCUT2D eigenvalue weighted by Gasteiger charge is 2.09. The zero-order valence-electron chi connectivity index (χ0n) is 13.5. The maximum absolute atomic E-state index is 12.1. The summed E-state index contributed by atoms with van der Waals surface area (Å²) in [5.74, 6) is -0.0125. The lowest BCUT2D eigenvalue weighted by Gasteiger charge is -2.06. The van der Waals surface area contributed by atoms with Gasteiger partial charge in [-0.05, 0) is 28.8 Å². The fourth-order valence-corrected chi connectivity index (χ4v) is 3.34. The van der Waals surface area contributed by atoms with Gasteiger partial charge >= 0.3 is 0 Å². The van der Waals surface area contributed by atoms with E-state index in [1.165, 1.54) is 6.21 Å². The van der Waals surface area contributed by atoms with Crippen molar-refractivity contribution in [1.29, 1.82) is 0 Å². The minimum atomic E-state index is -3.55. The van der Waals surface area contributed by atoms with Crippen molar-refractivity contribution in [3.63, 3.8) is 0 Å². The van der Waals surface area contributed by atoms with E-state index in [9.17, 15) is 13.5 Å². The summed E-state index contributed by atoms with van der Waals surface area (Å²) < 4.78 is 24.1. The molecule has 0 heterocycles. The van der Waals surface area contributed by atoms with Crippen molar-refractivity contribution >= 4 is 27.0 Å². The highest BCUT2D eigenvalue weighted by atomic mass is 32.2. The molecule has 2 N–H and O–H groups in total. The summed E-state index contributed by atoms with van der Waals surface area (Å²) >= 11 is 0. The van der Waals surface area contributed by atoms with Gasteiger partial charge in [0.15, 0.2) is 0 Å². The molecule has 0 aromatic heterocycles. The largest absolute Gasteiger partial charge is 0.507 e. The third-order valence-corrected chi connectivity index (χ3v) is 4.96. The molecule has 3 aromatic rings. The number of hydrazone groups is 1. The van der Waals surface area contributed by atoms with Crippen molar-refractivity contribution in [2.24, 2.45) is 5.10 Å². The first-order valence-corrected chi connectivity index (χ1v) is 9.47. The van der Waals surface area contributed by atoms with Crippen LogP contribution in [-0.4, -0.2) is 25.5 Å². The quantitative estimate of drug-likeness (QED) is 0.527. The van der Waals surface area contributed by atoms with Gasteiger partial charge in [0.1, 0.15) is 5.75 Å². The molecule has 128 valence electrons. The Bertz CT molecular complexity index is 1000. The number of hydrogen-bond acceptors (Lipinski definition) is 4. The first kappa shape index (κ1) is 17.0. The molecule has 5 nitrogen and oxygen atoms in total. The highest BCUT2D eigenvalue weighted by molar-refractivity contribution is 7.89. The Morgan fingerprint density at radius 2 is 1.68 bits per heavy atom. The van der Waals surface area contributed by atoms with Gasteiger partial charge in [0.05, 0.1) is 12.0 Å². The van der Waals surface area contributed by atoms with Crippen molar-refractivity contribution < 1.29 is 13.5 Å². The number of fused-ring (bicyclic) bond motifs is 1. The number of hydrogen-bond donors (Lipinski definition) is 2. The summed E-state index contributed by atoms with van der Waals surface area (Å²) in [6.45, 7) is 0. The second kappa shape index (κ2) is 7.36. The summed E-state index contributed by atoms with van der Waals surface area (Å²) in [4.78, 5) is 2.20. The average Bonchev–Trinajstić information content (AvgIpc) is 2.63. The van der Waals surface area contributed by atoms with Crippen LogP contribution in [0.25, 0.3) is 10.8 Å². The van der Waals surface area contributed by atoms with Gasteiger partial charge in [-0.1, -0.05) is 60.7 Å². The average molecular weight is 354 g/mol. The predicted octanol–water partition coefficient (Wildman–Crippen LogP) is 3.04. The second-order valence-electron chi connectivity index (χ2n) is 5.62. The van der Waals surface area contributed by atoms with Crippen LogP contribution in [-0.2, 0) is 16.4 Å². The van der Waals surface area contributed by atoms with E-state index in [0.717, 1.165) is 16.3 Å². The molecule has 0 saturated carbocycles. The fraction of sp³-hybridized carbons (Fsp3) is 0.105. The Morgan fingerprint density at radius 1 is 0.960 bits per heavy atom. The van der Waals surface area contributed by atoms with E-state index in [0.29, 0.717) is 12.0 Å². The molecule has 25 heavy (non-hydrogen) atoms. The van der Waals surface area contributed by atoms with Crippen molar-refractivity contribution in [2.75, 3.05) is 5.75 Å². The molecule has 0 aliphatic carbocycles. The monoisotopic (exact) mass is 354 g/mol. The number of aromatic hydroxyl groups is 1. The Hall–Kier alpha value is -2.86. The molecule has 0 atom stereocenters. The van der Waals surface area contributed by atoms with Crippen LogP contribution in [0.1, 0.15) is 11.1 Å². The first-order valence-electron chi connectivity index (χ1n) is 7.82. The van der Waals surface area contributed by atoms with E-state index in [1.54, 1.807) is 12.1 Å². The zero-order chi connectivity index (χ0) is 17.7. The zero-order valence-corrected chi connectivity index (χ0v) is 14.3. The molecule has 6 heteroatoms. The number of sulfonamides is 1. The standard InChI is InChI=1S/C19H18N2O3S/c22-19-11-10-16-8-4-5-9-17(16)18(19)14-20-21-25(23,24)13-12-15-6-2-1-3-7-15/h1-11,14,21-22H,12-13H2. The molecule has 0 aliphatic heterocycles. The number of aryl methyl sites for hydroxylation is 1. The molecule has 0 unspecified atom stereocenters. The molecule has 3 rings (SSSR count). The van der Waals surface area contributed by atoms with Crippen LogP contribution >= 0.6 is 0 Å². The predicted molar refractivity (Wildman–Crippen MR) is 100 cm³/mol. The maximum atomic E-state index is 12.1. The van der Waals surface area contributed by atoms with Crippen molar-refractivity contribution in [2.45, 2.75) is 6.42 Å². The van der Waals surface area contributed by atoms with E-state index in [1.807, 2.05) is 54.6 Å². The van der Waals surface area contributed by atoms with Gasteiger partial charge in [-0.15, -0.1) is 0 Å². The molecule has 0 saturated heterocycles. The number of nitrogens with zero attached hydrogens (tertiary/aromatic N) is 1. The van der Waals surface area contributed by atoms with Crippen LogP contribution in [0.4, 0.5) is 0 Å². The SMILES string of the molecule is O=S(=O)(CCc1ccccc1)NN=Cc1c(O)ccc2ccccc12. The number of nitrogens with one attached hydrogen (secondary N) is 1. The smallest absolute Gasteiger partial charge is 0.247 e. The van der Waals surface area contributed by atoms with E-state index in [-0.39, 0.29) is 11.5 Å². The minimum absolute atomic E-state index is 0.0472. The third kappa shape index (κ3) is 4.36. The lowest BCUT2D eigenvalue weighted by atomic mass is 10.0. The molecule has 0 radical (unpaired) electrons. The lowest BCUT2D eigenvalue weighted by molar-refractivity contribution is 0.475. The van der Waals surface area contributed by atoms with Crippen LogP contribution < -0.4 is 4.83 Å². The first-order chi connectivity index (χ1) is 12.1. The molecule has 0 aliphatic rings. The second-order valence-corrected chi connectivity index (χ2v) is 7.44. The summed E-state index contributed by atoms with van der Waals surface area (Å²) in [7, 11) is -3.55. The summed E-state index contributed by atoms with van der Waals surface area (Å²) in [6.07, 6.45) is 1.74. The van der Waals surface area contributed by atoms with E-state index >= 15 is 0 Å². The Labute approximate surface area is 146 Å². The topological polar surface area (TPSA) is 78.8 Å². The fourth-order valence-electron chi connectivity index (χ4n) is 2.53. The van der Waals surface area contributed by atoms with Crippen molar-refractivity contribution in [3.8, 4) is 5.75 Å². The number of rotatable bonds is 6. The van der Waals surface area contributed by atoms with E-state index < -0.39 is 10.0 Å².